The van der Waals surface area contributed by atoms with Crippen molar-refractivity contribution in [2.24, 2.45) is 0 Å². The zero-order chi connectivity index (χ0) is 13.4. The number of hydrogen-bond acceptors (Lipinski definition) is 4. The van der Waals surface area contributed by atoms with Crippen LogP contribution in [0.3, 0.4) is 0 Å². The van der Waals surface area contributed by atoms with Crippen LogP contribution in [0.25, 0.3) is 16.9 Å². The number of benzene rings is 1. The van der Waals surface area contributed by atoms with Gasteiger partial charge in [0.25, 0.3) is 0 Å². The molecule has 3 aromatic rings. The van der Waals surface area contributed by atoms with Gasteiger partial charge in [0.15, 0.2) is 0 Å². The van der Waals surface area contributed by atoms with E-state index in [2.05, 4.69) is 10.3 Å². The first-order valence-corrected chi connectivity index (χ1v) is 6.01. The summed E-state index contributed by atoms with van der Waals surface area (Å²) in [7, 11) is 0. The van der Waals surface area contributed by atoms with Crippen LogP contribution < -0.4 is 5.73 Å². The number of hydrogen-bond donors (Lipinski definition) is 1. The lowest BCUT2D eigenvalue weighted by Crippen LogP contribution is -2.01. The van der Waals surface area contributed by atoms with Crippen molar-refractivity contribution < 1.29 is 4.52 Å². The van der Waals surface area contributed by atoms with Crippen LogP contribution in [0.5, 0.6) is 0 Å². The highest BCUT2D eigenvalue weighted by Gasteiger charge is 2.16. The molecule has 2 N–H and O–H groups in total. The normalized spacial score (nSPS) is 10.8. The maximum Gasteiger partial charge on any atom is 0.143 e. The Bertz CT molecular complexity index is 693. The molecule has 0 spiro atoms. The molecule has 0 bridgehead atoms. The van der Waals surface area contributed by atoms with Gasteiger partial charge in [0, 0.05) is 6.07 Å². The van der Waals surface area contributed by atoms with E-state index in [4.69, 9.17) is 10.3 Å². The fraction of sp³-hybridized carbons (Fsp3) is 0.143. The molecule has 96 valence electrons. The summed E-state index contributed by atoms with van der Waals surface area (Å²) in [6, 6.07) is 11.6. The van der Waals surface area contributed by atoms with E-state index in [1.807, 2.05) is 50.2 Å². The van der Waals surface area contributed by atoms with Crippen LogP contribution in [0.4, 0.5) is 5.82 Å². The molecule has 0 fully saturated rings. The van der Waals surface area contributed by atoms with Crippen molar-refractivity contribution in [2.45, 2.75) is 13.8 Å². The Morgan fingerprint density at radius 3 is 2.53 bits per heavy atom. The lowest BCUT2D eigenvalue weighted by Gasteiger charge is -2.02. The number of anilines is 1. The summed E-state index contributed by atoms with van der Waals surface area (Å²) in [5, 5.41) is 8.47. The summed E-state index contributed by atoms with van der Waals surface area (Å²) in [5.74, 6) is 1.33. The topological polar surface area (TPSA) is 69.9 Å². The molecule has 0 amide bonds. The van der Waals surface area contributed by atoms with E-state index in [-0.39, 0.29) is 0 Å². The first kappa shape index (κ1) is 11.5. The second-order valence-electron chi connectivity index (χ2n) is 4.40. The Morgan fingerprint density at radius 1 is 1.16 bits per heavy atom. The van der Waals surface area contributed by atoms with Gasteiger partial charge >= 0.3 is 0 Å². The molecule has 0 aliphatic carbocycles. The second kappa shape index (κ2) is 4.28. The number of nitrogens with two attached hydrogens (primary N) is 1. The van der Waals surface area contributed by atoms with Crippen molar-refractivity contribution >= 4 is 5.82 Å². The molecule has 0 aliphatic rings. The highest BCUT2D eigenvalue weighted by Crippen LogP contribution is 2.28. The first-order chi connectivity index (χ1) is 9.16. The minimum atomic E-state index is 0.584. The summed E-state index contributed by atoms with van der Waals surface area (Å²) in [6.07, 6.45) is 0. The molecule has 5 nitrogen and oxygen atoms in total. The Hall–Kier alpha value is -2.56. The van der Waals surface area contributed by atoms with E-state index < -0.39 is 0 Å². The van der Waals surface area contributed by atoms with Crippen LogP contribution in [0.1, 0.15) is 11.5 Å². The quantitative estimate of drug-likeness (QED) is 0.763. The minimum absolute atomic E-state index is 0.584. The maximum absolute atomic E-state index is 6.03. The molecule has 0 radical (unpaired) electrons. The van der Waals surface area contributed by atoms with E-state index in [0.717, 1.165) is 28.4 Å². The van der Waals surface area contributed by atoms with Crippen molar-refractivity contribution in [1.29, 1.82) is 0 Å². The van der Waals surface area contributed by atoms with Crippen LogP contribution in [0.15, 0.2) is 40.9 Å². The second-order valence-corrected chi connectivity index (χ2v) is 4.40. The van der Waals surface area contributed by atoms with E-state index in [0.29, 0.717) is 5.82 Å². The molecule has 5 heteroatoms. The molecule has 1 aromatic carbocycles. The Balaban J connectivity index is 2.13. The van der Waals surface area contributed by atoms with E-state index >= 15 is 0 Å². The van der Waals surface area contributed by atoms with Crippen LogP contribution in [0, 0.1) is 13.8 Å². The lowest BCUT2D eigenvalue weighted by molar-refractivity contribution is 0.393. The van der Waals surface area contributed by atoms with Crippen molar-refractivity contribution in [3.8, 4) is 16.9 Å². The SMILES string of the molecule is Cc1noc(C)c1-c1cc(N)n(-c2ccccc2)n1. The molecule has 0 aliphatic heterocycles. The molecule has 2 aromatic heterocycles. The summed E-state index contributed by atoms with van der Waals surface area (Å²) in [5.41, 5.74) is 9.45. The van der Waals surface area contributed by atoms with E-state index in [1.54, 1.807) is 4.68 Å². The Morgan fingerprint density at radius 2 is 1.89 bits per heavy atom. The van der Waals surface area contributed by atoms with Crippen molar-refractivity contribution in [3.05, 3.63) is 47.9 Å². The van der Waals surface area contributed by atoms with Gasteiger partial charge in [-0.2, -0.15) is 5.10 Å². The van der Waals surface area contributed by atoms with Crippen molar-refractivity contribution in [2.75, 3.05) is 5.73 Å². The fourth-order valence-corrected chi connectivity index (χ4v) is 2.14. The average Bonchev–Trinajstić information content (AvgIpc) is 2.94. The van der Waals surface area contributed by atoms with Crippen LogP contribution in [-0.2, 0) is 0 Å². The number of aryl methyl sites for hydroxylation is 2. The first-order valence-electron chi connectivity index (χ1n) is 6.01. The van der Waals surface area contributed by atoms with Gasteiger partial charge in [-0.15, -0.1) is 0 Å². The minimum Gasteiger partial charge on any atom is -0.384 e. The molecule has 0 atom stereocenters. The van der Waals surface area contributed by atoms with Gasteiger partial charge in [-0.05, 0) is 26.0 Å². The molecule has 0 unspecified atom stereocenters. The number of rotatable bonds is 2. The highest BCUT2D eigenvalue weighted by molar-refractivity contribution is 5.67. The third-order valence-corrected chi connectivity index (χ3v) is 3.03. The Kier molecular flexibility index (Phi) is 2.59. The van der Waals surface area contributed by atoms with Crippen molar-refractivity contribution in [1.82, 2.24) is 14.9 Å². The zero-order valence-electron chi connectivity index (χ0n) is 10.8. The van der Waals surface area contributed by atoms with Crippen LogP contribution >= 0.6 is 0 Å². The monoisotopic (exact) mass is 254 g/mol. The van der Waals surface area contributed by atoms with Gasteiger partial charge in [-0.1, -0.05) is 23.4 Å². The average molecular weight is 254 g/mol. The third-order valence-electron chi connectivity index (χ3n) is 3.03. The zero-order valence-corrected chi connectivity index (χ0v) is 10.8. The standard InChI is InChI=1S/C14H14N4O/c1-9-14(10(2)19-17-9)12-8-13(15)18(16-12)11-6-4-3-5-7-11/h3-8H,15H2,1-2H3. The number of nitrogen functional groups attached to an aromatic ring is 1. The fourth-order valence-electron chi connectivity index (χ4n) is 2.14. The molecule has 0 saturated carbocycles. The van der Waals surface area contributed by atoms with Crippen LogP contribution in [-0.4, -0.2) is 14.9 Å². The highest BCUT2D eigenvalue weighted by atomic mass is 16.5. The molecular weight excluding hydrogens is 240 g/mol. The lowest BCUT2D eigenvalue weighted by atomic mass is 10.1. The molecule has 2 heterocycles. The number of nitrogens with zero attached hydrogens (tertiary/aromatic N) is 3. The van der Waals surface area contributed by atoms with E-state index in [9.17, 15) is 0 Å². The molecule has 0 saturated heterocycles. The predicted molar refractivity (Wildman–Crippen MR) is 72.9 cm³/mol. The predicted octanol–water partition coefficient (Wildman–Crippen LogP) is 2.73. The summed E-state index contributed by atoms with van der Waals surface area (Å²) < 4.78 is 6.87. The van der Waals surface area contributed by atoms with Crippen LogP contribution in [0.2, 0.25) is 0 Å². The van der Waals surface area contributed by atoms with E-state index in [1.165, 1.54) is 0 Å². The van der Waals surface area contributed by atoms with Gasteiger partial charge < -0.3 is 10.3 Å². The number of aromatic nitrogens is 3. The smallest absolute Gasteiger partial charge is 0.143 e. The maximum atomic E-state index is 6.03. The molecule has 19 heavy (non-hydrogen) atoms. The summed E-state index contributed by atoms with van der Waals surface area (Å²) in [6.45, 7) is 3.76. The van der Waals surface area contributed by atoms with Gasteiger partial charge in [0.05, 0.1) is 16.9 Å². The third kappa shape index (κ3) is 1.89. The van der Waals surface area contributed by atoms with Gasteiger partial charge in [0.2, 0.25) is 0 Å². The molecular formula is C14H14N4O. The molecule has 3 rings (SSSR count). The van der Waals surface area contributed by atoms with Gasteiger partial charge in [-0.3, -0.25) is 0 Å². The van der Waals surface area contributed by atoms with Crippen molar-refractivity contribution in [3.63, 3.8) is 0 Å². The largest absolute Gasteiger partial charge is 0.384 e. The summed E-state index contributed by atoms with van der Waals surface area (Å²) >= 11 is 0. The summed E-state index contributed by atoms with van der Waals surface area (Å²) in [4.78, 5) is 0. The van der Waals surface area contributed by atoms with Gasteiger partial charge in [0.1, 0.15) is 17.3 Å². The Labute approximate surface area is 110 Å². The van der Waals surface area contributed by atoms with Gasteiger partial charge in [-0.25, -0.2) is 4.68 Å². The number of para-hydroxylation sites is 1.